The largest absolute Gasteiger partial charge is 0.310 e. The maximum Gasteiger partial charge on any atom is 0.273 e. The molecule has 1 unspecified atom stereocenters. The molecule has 0 aliphatic rings. The molecule has 0 saturated heterocycles. The molecule has 0 aliphatic heterocycles. The first-order valence-corrected chi connectivity index (χ1v) is 5.58. The molecular formula is C11H15ClN2O2. The standard InChI is InChI=1S/C11H15ClN2O2/c1-3-8(2)13-7-9-6-10(12)4-5-11(9)14(15)16/h4-6,8,13H,3,7H2,1-2H3. The smallest absolute Gasteiger partial charge is 0.273 e. The fourth-order valence-corrected chi connectivity index (χ4v) is 1.50. The first-order chi connectivity index (χ1) is 7.54. The Morgan fingerprint density at radius 1 is 1.56 bits per heavy atom. The molecule has 1 atom stereocenters. The third kappa shape index (κ3) is 3.47. The zero-order valence-electron chi connectivity index (χ0n) is 9.37. The van der Waals surface area contributed by atoms with Crippen molar-refractivity contribution < 1.29 is 4.92 Å². The Morgan fingerprint density at radius 3 is 2.81 bits per heavy atom. The SMILES string of the molecule is CCC(C)NCc1cc(Cl)ccc1[N+](=O)[O-]. The van der Waals surface area contributed by atoms with Crippen molar-refractivity contribution in [3.8, 4) is 0 Å². The molecule has 0 saturated carbocycles. The molecule has 1 rings (SSSR count). The maximum absolute atomic E-state index is 10.8. The van der Waals surface area contributed by atoms with Crippen LogP contribution in [-0.4, -0.2) is 11.0 Å². The van der Waals surface area contributed by atoms with Gasteiger partial charge in [0.25, 0.3) is 5.69 Å². The van der Waals surface area contributed by atoms with Gasteiger partial charge in [-0.25, -0.2) is 0 Å². The zero-order chi connectivity index (χ0) is 12.1. The van der Waals surface area contributed by atoms with Crippen LogP contribution in [0.4, 0.5) is 5.69 Å². The van der Waals surface area contributed by atoms with E-state index in [-0.39, 0.29) is 10.6 Å². The predicted molar refractivity (Wildman–Crippen MR) is 64.7 cm³/mol. The molecule has 1 aromatic rings. The van der Waals surface area contributed by atoms with Crippen molar-refractivity contribution in [2.45, 2.75) is 32.9 Å². The molecule has 0 spiro atoms. The van der Waals surface area contributed by atoms with E-state index < -0.39 is 0 Å². The van der Waals surface area contributed by atoms with Gasteiger partial charge in [-0.2, -0.15) is 0 Å². The molecule has 0 heterocycles. The van der Waals surface area contributed by atoms with E-state index in [1.807, 2.05) is 6.92 Å². The third-order valence-corrected chi connectivity index (χ3v) is 2.73. The molecule has 0 radical (unpaired) electrons. The van der Waals surface area contributed by atoms with Crippen molar-refractivity contribution in [1.29, 1.82) is 0 Å². The van der Waals surface area contributed by atoms with Gasteiger partial charge in [0, 0.05) is 29.2 Å². The Morgan fingerprint density at radius 2 is 2.25 bits per heavy atom. The molecule has 5 heteroatoms. The number of nitrogens with zero attached hydrogens (tertiary/aromatic N) is 1. The second-order valence-electron chi connectivity index (χ2n) is 3.72. The summed E-state index contributed by atoms with van der Waals surface area (Å²) in [6.07, 6.45) is 0.981. The molecular weight excluding hydrogens is 228 g/mol. The van der Waals surface area contributed by atoms with Crippen molar-refractivity contribution in [1.82, 2.24) is 5.32 Å². The summed E-state index contributed by atoms with van der Waals surface area (Å²) in [5.41, 5.74) is 0.734. The number of hydrogen-bond acceptors (Lipinski definition) is 3. The van der Waals surface area contributed by atoms with Crippen molar-refractivity contribution in [3.05, 3.63) is 38.9 Å². The zero-order valence-corrected chi connectivity index (χ0v) is 10.1. The topological polar surface area (TPSA) is 55.2 Å². The summed E-state index contributed by atoms with van der Waals surface area (Å²) in [5, 5.41) is 14.5. The van der Waals surface area contributed by atoms with Gasteiger partial charge in [0.1, 0.15) is 0 Å². The van der Waals surface area contributed by atoms with E-state index in [1.54, 1.807) is 6.07 Å². The molecule has 0 amide bonds. The lowest BCUT2D eigenvalue weighted by atomic mass is 10.1. The van der Waals surface area contributed by atoms with Gasteiger partial charge in [-0.15, -0.1) is 0 Å². The van der Waals surface area contributed by atoms with Crippen LogP contribution in [0.25, 0.3) is 0 Å². The highest BCUT2D eigenvalue weighted by atomic mass is 35.5. The number of nitro benzene ring substituents is 1. The van der Waals surface area contributed by atoms with E-state index in [4.69, 9.17) is 11.6 Å². The highest BCUT2D eigenvalue weighted by Crippen LogP contribution is 2.22. The molecule has 0 fully saturated rings. The third-order valence-electron chi connectivity index (χ3n) is 2.49. The summed E-state index contributed by atoms with van der Waals surface area (Å²) >= 11 is 5.82. The second-order valence-corrected chi connectivity index (χ2v) is 4.16. The van der Waals surface area contributed by atoms with E-state index in [0.29, 0.717) is 23.2 Å². The van der Waals surface area contributed by atoms with Crippen LogP contribution >= 0.6 is 11.6 Å². The average molecular weight is 243 g/mol. The Labute approximate surface area is 99.8 Å². The lowest BCUT2D eigenvalue weighted by molar-refractivity contribution is -0.385. The molecule has 1 aromatic carbocycles. The molecule has 0 bridgehead atoms. The van der Waals surface area contributed by atoms with Gasteiger partial charge < -0.3 is 5.32 Å². The molecule has 1 N–H and O–H groups in total. The van der Waals surface area contributed by atoms with Crippen LogP contribution in [0.15, 0.2) is 18.2 Å². The summed E-state index contributed by atoms with van der Waals surface area (Å²) in [5.74, 6) is 0. The Hall–Kier alpha value is -1.13. The van der Waals surface area contributed by atoms with E-state index >= 15 is 0 Å². The van der Waals surface area contributed by atoms with Gasteiger partial charge in [0.15, 0.2) is 0 Å². The lowest BCUT2D eigenvalue weighted by Crippen LogP contribution is -2.24. The van der Waals surface area contributed by atoms with Crippen molar-refractivity contribution in [2.75, 3.05) is 0 Å². The summed E-state index contributed by atoms with van der Waals surface area (Å²) < 4.78 is 0. The fraction of sp³-hybridized carbons (Fsp3) is 0.455. The molecule has 4 nitrogen and oxygen atoms in total. The quantitative estimate of drug-likeness (QED) is 0.638. The number of halogens is 1. The minimum absolute atomic E-state index is 0.111. The minimum atomic E-state index is -0.385. The van der Waals surface area contributed by atoms with Gasteiger partial charge in [-0.3, -0.25) is 10.1 Å². The Kier molecular flexibility index (Phi) is 4.71. The predicted octanol–water partition coefficient (Wildman–Crippen LogP) is 3.14. The number of benzene rings is 1. The van der Waals surface area contributed by atoms with Crippen molar-refractivity contribution in [3.63, 3.8) is 0 Å². The molecule has 0 aromatic heterocycles. The van der Waals surface area contributed by atoms with Crippen LogP contribution < -0.4 is 5.32 Å². The molecule has 16 heavy (non-hydrogen) atoms. The van der Waals surface area contributed by atoms with Crippen LogP contribution in [0.1, 0.15) is 25.8 Å². The van der Waals surface area contributed by atoms with Gasteiger partial charge in [-0.05, 0) is 25.5 Å². The highest BCUT2D eigenvalue weighted by Gasteiger charge is 2.13. The van der Waals surface area contributed by atoms with Crippen molar-refractivity contribution >= 4 is 17.3 Å². The normalized spacial score (nSPS) is 12.4. The Bertz CT molecular complexity index is 382. The molecule has 88 valence electrons. The lowest BCUT2D eigenvalue weighted by Gasteiger charge is -2.11. The average Bonchev–Trinajstić information content (AvgIpc) is 2.25. The van der Waals surface area contributed by atoms with Crippen LogP contribution in [0.5, 0.6) is 0 Å². The summed E-state index contributed by atoms with van der Waals surface area (Å²) in [7, 11) is 0. The van der Waals surface area contributed by atoms with Gasteiger partial charge in [-0.1, -0.05) is 18.5 Å². The van der Waals surface area contributed by atoms with Gasteiger partial charge >= 0.3 is 0 Å². The number of hydrogen-bond donors (Lipinski definition) is 1. The second kappa shape index (κ2) is 5.82. The Balaban J connectivity index is 2.84. The summed E-state index contributed by atoms with van der Waals surface area (Å²) in [4.78, 5) is 10.4. The van der Waals surface area contributed by atoms with Gasteiger partial charge in [0.05, 0.1) is 4.92 Å². The van der Waals surface area contributed by atoms with E-state index in [0.717, 1.165) is 6.42 Å². The first kappa shape index (κ1) is 12.9. The minimum Gasteiger partial charge on any atom is -0.310 e. The number of rotatable bonds is 5. The number of nitro groups is 1. The summed E-state index contributed by atoms with van der Waals surface area (Å²) in [6.45, 7) is 4.56. The van der Waals surface area contributed by atoms with Crippen molar-refractivity contribution in [2.24, 2.45) is 0 Å². The highest BCUT2D eigenvalue weighted by molar-refractivity contribution is 6.30. The first-order valence-electron chi connectivity index (χ1n) is 5.20. The van der Waals surface area contributed by atoms with Crippen LogP contribution in [0, 0.1) is 10.1 Å². The summed E-state index contributed by atoms with van der Waals surface area (Å²) in [6, 6.07) is 4.94. The van der Waals surface area contributed by atoms with Gasteiger partial charge in [0.2, 0.25) is 0 Å². The monoisotopic (exact) mass is 242 g/mol. The van der Waals surface area contributed by atoms with Crippen LogP contribution in [-0.2, 0) is 6.54 Å². The fourth-order valence-electron chi connectivity index (χ4n) is 1.30. The number of nitrogens with one attached hydrogen (secondary N) is 1. The van der Waals surface area contributed by atoms with E-state index in [2.05, 4.69) is 12.2 Å². The maximum atomic E-state index is 10.8. The van der Waals surface area contributed by atoms with Crippen LogP contribution in [0.2, 0.25) is 5.02 Å². The van der Waals surface area contributed by atoms with E-state index in [1.165, 1.54) is 12.1 Å². The van der Waals surface area contributed by atoms with Crippen LogP contribution in [0.3, 0.4) is 0 Å². The van der Waals surface area contributed by atoms with E-state index in [9.17, 15) is 10.1 Å². The molecule has 0 aliphatic carbocycles.